The molecule has 1 amide bonds. The van der Waals surface area contributed by atoms with Crippen LogP contribution in [0.2, 0.25) is 0 Å². The van der Waals surface area contributed by atoms with Crippen molar-refractivity contribution in [1.29, 1.82) is 0 Å². The van der Waals surface area contributed by atoms with E-state index in [0.29, 0.717) is 25.9 Å². The van der Waals surface area contributed by atoms with Gasteiger partial charge in [0.05, 0.1) is 25.4 Å². The van der Waals surface area contributed by atoms with Crippen LogP contribution in [0.15, 0.2) is 24.3 Å². The van der Waals surface area contributed by atoms with Gasteiger partial charge in [0.25, 0.3) is 0 Å². The third-order valence-electron chi connectivity index (χ3n) is 15.3. The van der Waals surface area contributed by atoms with Gasteiger partial charge in [-0.3, -0.25) is 9.59 Å². The Balaban J connectivity index is 3.40. The summed E-state index contributed by atoms with van der Waals surface area (Å²) in [5.74, 6) is -0.0351. The number of hydrogen-bond acceptors (Lipinski definition) is 5. The van der Waals surface area contributed by atoms with Gasteiger partial charge in [0.15, 0.2) is 0 Å². The van der Waals surface area contributed by atoms with E-state index in [1.807, 2.05) is 0 Å². The molecule has 426 valence electrons. The first-order valence-corrected chi connectivity index (χ1v) is 32.6. The summed E-state index contributed by atoms with van der Waals surface area (Å²) < 4.78 is 5.49. The number of aliphatic hydroxyl groups is 2. The predicted octanol–water partition coefficient (Wildman–Crippen LogP) is 20.6. The lowest BCUT2D eigenvalue weighted by Crippen LogP contribution is -2.45. The largest absolute Gasteiger partial charge is 0.466 e. The molecule has 0 heterocycles. The van der Waals surface area contributed by atoms with Gasteiger partial charge in [-0.15, -0.1) is 0 Å². The van der Waals surface area contributed by atoms with Crippen LogP contribution < -0.4 is 5.32 Å². The third-order valence-corrected chi connectivity index (χ3v) is 15.3. The normalized spacial score (nSPS) is 12.7. The molecule has 0 bridgehead atoms. The van der Waals surface area contributed by atoms with Crippen LogP contribution in [0.3, 0.4) is 0 Å². The fourth-order valence-corrected chi connectivity index (χ4v) is 10.3. The van der Waals surface area contributed by atoms with Crippen molar-refractivity contribution in [2.75, 3.05) is 13.2 Å². The van der Waals surface area contributed by atoms with E-state index in [1.54, 1.807) is 0 Å². The molecule has 2 unspecified atom stereocenters. The van der Waals surface area contributed by atoms with Gasteiger partial charge >= 0.3 is 5.97 Å². The number of esters is 1. The standard InChI is InChI=1S/C66H127NO5/c1-3-5-7-9-11-13-15-17-19-21-22-23-27-30-34-38-42-46-50-54-58-64(69)63(62-68)67-65(70)59-55-51-47-43-39-35-31-28-24-25-29-33-37-41-45-49-53-57-61-72-66(71)60-56-52-48-44-40-36-32-26-20-18-16-14-12-10-8-6-4-2/h12,14,18,20,63-64,68-69H,3-11,13,15-17,19,21-62H2,1-2H3,(H,67,70)/b14-12-,20-18-. The van der Waals surface area contributed by atoms with Gasteiger partial charge in [0.1, 0.15) is 0 Å². The minimum atomic E-state index is -0.668. The summed E-state index contributed by atoms with van der Waals surface area (Å²) in [5, 5.41) is 23.4. The quantitative estimate of drug-likeness (QED) is 0.0320. The summed E-state index contributed by atoms with van der Waals surface area (Å²) in [7, 11) is 0. The van der Waals surface area contributed by atoms with Gasteiger partial charge in [-0.1, -0.05) is 314 Å². The topological polar surface area (TPSA) is 95.9 Å². The maximum atomic E-state index is 12.5. The Morgan fingerprint density at radius 2 is 0.694 bits per heavy atom. The highest BCUT2D eigenvalue weighted by atomic mass is 16.5. The monoisotopic (exact) mass is 1010 g/mol. The van der Waals surface area contributed by atoms with E-state index in [1.165, 1.54) is 276 Å². The number of rotatable bonds is 61. The molecule has 0 spiro atoms. The number of amides is 1. The highest BCUT2D eigenvalue weighted by molar-refractivity contribution is 5.76. The molecule has 0 saturated heterocycles. The second-order valence-electron chi connectivity index (χ2n) is 22.5. The van der Waals surface area contributed by atoms with Crippen LogP contribution in [-0.4, -0.2) is 47.4 Å². The molecule has 6 heteroatoms. The Morgan fingerprint density at radius 3 is 1.08 bits per heavy atom. The van der Waals surface area contributed by atoms with Gasteiger partial charge in [0, 0.05) is 12.8 Å². The molecule has 0 aromatic carbocycles. The van der Waals surface area contributed by atoms with E-state index < -0.39 is 12.1 Å². The second kappa shape index (κ2) is 61.9. The van der Waals surface area contributed by atoms with Crippen molar-refractivity contribution in [2.24, 2.45) is 0 Å². The minimum absolute atomic E-state index is 0.000463. The molecule has 0 saturated carbocycles. The summed E-state index contributed by atoms with van der Waals surface area (Å²) in [6, 6.07) is -0.546. The number of nitrogens with one attached hydrogen (secondary N) is 1. The van der Waals surface area contributed by atoms with Crippen molar-refractivity contribution in [3.8, 4) is 0 Å². The van der Waals surface area contributed by atoms with Crippen LogP contribution in [0.5, 0.6) is 0 Å². The van der Waals surface area contributed by atoms with Gasteiger partial charge in [-0.25, -0.2) is 0 Å². The van der Waals surface area contributed by atoms with E-state index in [0.717, 1.165) is 51.4 Å². The molecule has 0 aliphatic rings. The van der Waals surface area contributed by atoms with Gasteiger partial charge in [-0.2, -0.15) is 0 Å². The lowest BCUT2D eigenvalue weighted by molar-refractivity contribution is -0.143. The fraction of sp³-hybridized carbons (Fsp3) is 0.909. The molecule has 0 aliphatic carbocycles. The molecule has 6 nitrogen and oxygen atoms in total. The molecule has 0 rings (SSSR count). The van der Waals surface area contributed by atoms with Crippen molar-refractivity contribution in [3.05, 3.63) is 24.3 Å². The van der Waals surface area contributed by atoms with Gasteiger partial charge in [0.2, 0.25) is 5.91 Å². The molecule has 0 aliphatic heterocycles. The van der Waals surface area contributed by atoms with E-state index in [-0.39, 0.29) is 18.5 Å². The number of aliphatic hydroxyl groups excluding tert-OH is 2. The molecule has 2 atom stereocenters. The molecule has 3 N–H and O–H groups in total. The maximum absolute atomic E-state index is 12.5. The zero-order valence-electron chi connectivity index (χ0n) is 48.7. The molecule has 72 heavy (non-hydrogen) atoms. The Hall–Kier alpha value is -1.66. The number of hydrogen-bond donors (Lipinski definition) is 3. The van der Waals surface area contributed by atoms with E-state index >= 15 is 0 Å². The van der Waals surface area contributed by atoms with Crippen molar-refractivity contribution in [1.82, 2.24) is 5.32 Å². The van der Waals surface area contributed by atoms with E-state index in [2.05, 4.69) is 43.5 Å². The van der Waals surface area contributed by atoms with Crippen LogP contribution in [0.1, 0.15) is 361 Å². The number of allylic oxidation sites excluding steroid dienone is 4. The zero-order valence-corrected chi connectivity index (χ0v) is 48.7. The van der Waals surface area contributed by atoms with Crippen molar-refractivity contribution >= 4 is 11.9 Å². The molecule has 0 aromatic rings. The summed E-state index contributed by atoms with van der Waals surface area (Å²) in [5.41, 5.74) is 0. The summed E-state index contributed by atoms with van der Waals surface area (Å²) in [6.07, 6.45) is 76.2. The highest BCUT2D eigenvalue weighted by Crippen LogP contribution is 2.18. The summed E-state index contributed by atoms with van der Waals surface area (Å²) in [6.45, 7) is 4.95. The molecular weight excluding hydrogens is 887 g/mol. The van der Waals surface area contributed by atoms with Gasteiger partial charge < -0.3 is 20.3 Å². The maximum Gasteiger partial charge on any atom is 0.305 e. The third kappa shape index (κ3) is 57.6. The highest BCUT2D eigenvalue weighted by Gasteiger charge is 2.20. The first-order valence-electron chi connectivity index (χ1n) is 32.6. The Kier molecular flexibility index (Phi) is 60.5. The SMILES string of the molecule is CCCCC/C=C\C/C=C\CCCCCCCCCC(=O)OCCCCCCCCCCCCCCCCCCCCC(=O)NC(CO)C(O)CCCCCCCCCCCCCCCCCCCCCC. The van der Waals surface area contributed by atoms with E-state index in [9.17, 15) is 19.8 Å². The molecule has 0 fully saturated rings. The average molecular weight is 1010 g/mol. The Morgan fingerprint density at radius 1 is 0.389 bits per heavy atom. The first-order chi connectivity index (χ1) is 35.5. The average Bonchev–Trinajstić information content (AvgIpc) is 3.38. The summed E-state index contributed by atoms with van der Waals surface area (Å²) in [4.78, 5) is 24.6. The van der Waals surface area contributed by atoms with Gasteiger partial charge in [-0.05, 0) is 57.8 Å². The Bertz CT molecular complexity index is 1120. The number of carbonyl (C=O) groups excluding carboxylic acids is 2. The molecular formula is C66H127NO5. The van der Waals surface area contributed by atoms with Crippen LogP contribution in [0.25, 0.3) is 0 Å². The van der Waals surface area contributed by atoms with Crippen LogP contribution in [0.4, 0.5) is 0 Å². The smallest absolute Gasteiger partial charge is 0.305 e. The second-order valence-corrected chi connectivity index (χ2v) is 22.5. The van der Waals surface area contributed by atoms with E-state index in [4.69, 9.17) is 4.74 Å². The van der Waals surface area contributed by atoms with Crippen molar-refractivity contribution < 1.29 is 24.5 Å². The Labute approximate surface area is 450 Å². The van der Waals surface area contributed by atoms with Crippen LogP contribution in [0, 0.1) is 0 Å². The molecule has 0 aromatic heterocycles. The van der Waals surface area contributed by atoms with Crippen molar-refractivity contribution in [3.63, 3.8) is 0 Å². The predicted molar refractivity (Wildman–Crippen MR) is 315 cm³/mol. The number of ether oxygens (including phenoxy) is 1. The molecule has 0 radical (unpaired) electrons. The van der Waals surface area contributed by atoms with Crippen LogP contribution in [-0.2, 0) is 14.3 Å². The van der Waals surface area contributed by atoms with Crippen LogP contribution >= 0.6 is 0 Å². The van der Waals surface area contributed by atoms with Crippen molar-refractivity contribution in [2.45, 2.75) is 373 Å². The number of unbranched alkanes of at least 4 members (excludes halogenated alkanes) is 46. The number of carbonyl (C=O) groups is 2. The lowest BCUT2D eigenvalue weighted by atomic mass is 10.0. The lowest BCUT2D eigenvalue weighted by Gasteiger charge is -2.22. The minimum Gasteiger partial charge on any atom is -0.466 e. The zero-order chi connectivity index (χ0) is 52.2. The first kappa shape index (κ1) is 70.3. The fourth-order valence-electron chi connectivity index (χ4n) is 10.3. The summed E-state index contributed by atoms with van der Waals surface area (Å²) >= 11 is 0.